The standard InChI is InChI=1S/C17H27N3O3S.HI/c1-13-5-7-14(8-6-13)15(21)11-19-16(18-4)20-9-10-24(22,23)17(2,3)12-20;/h5-8,15,21H,9-12H2,1-4H3,(H,18,19);1H. The zero-order valence-electron chi connectivity index (χ0n) is 15.2. The molecule has 1 unspecified atom stereocenters. The number of sulfone groups is 1. The third-order valence-electron chi connectivity index (χ3n) is 4.47. The van der Waals surface area contributed by atoms with Crippen molar-refractivity contribution in [3.63, 3.8) is 0 Å². The number of aryl methyl sites for hydroxylation is 1. The average Bonchev–Trinajstić information content (AvgIpc) is 2.51. The molecule has 1 aliphatic rings. The molecular weight excluding hydrogens is 453 g/mol. The van der Waals surface area contributed by atoms with Gasteiger partial charge in [0.25, 0.3) is 0 Å². The second-order valence-corrected chi connectivity index (χ2v) is 9.60. The summed E-state index contributed by atoms with van der Waals surface area (Å²) in [7, 11) is -1.42. The summed E-state index contributed by atoms with van der Waals surface area (Å²) < 4.78 is 23.4. The van der Waals surface area contributed by atoms with Crippen LogP contribution in [0.25, 0.3) is 0 Å². The number of aliphatic hydroxyl groups is 1. The van der Waals surface area contributed by atoms with E-state index in [0.717, 1.165) is 11.1 Å². The normalized spacial score (nSPS) is 20.5. The first kappa shape index (κ1) is 22.2. The van der Waals surface area contributed by atoms with Crippen molar-refractivity contribution in [1.29, 1.82) is 0 Å². The molecule has 142 valence electrons. The molecular formula is C17H28IN3O3S. The quantitative estimate of drug-likeness (QED) is 0.391. The summed E-state index contributed by atoms with van der Waals surface area (Å²) in [6.07, 6.45) is -0.649. The maximum absolute atomic E-state index is 12.1. The minimum Gasteiger partial charge on any atom is -0.387 e. The largest absolute Gasteiger partial charge is 0.387 e. The van der Waals surface area contributed by atoms with Crippen molar-refractivity contribution in [3.05, 3.63) is 35.4 Å². The Bertz CT molecular complexity index is 702. The zero-order valence-corrected chi connectivity index (χ0v) is 18.3. The van der Waals surface area contributed by atoms with E-state index in [-0.39, 0.29) is 29.7 Å². The number of aliphatic hydroxyl groups excluding tert-OH is 1. The monoisotopic (exact) mass is 481 g/mol. The van der Waals surface area contributed by atoms with Crippen LogP contribution in [-0.2, 0) is 9.84 Å². The van der Waals surface area contributed by atoms with Gasteiger partial charge < -0.3 is 15.3 Å². The first-order chi connectivity index (χ1) is 11.2. The minimum absolute atomic E-state index is 0. The molecule has 0 radical (unpaired) electrons. The number of nitrogens with zero attached hydrogens (tertiary/aromatic N) is 2. The van der Waals surface area contributed by atoms with E-state index in [0.29, 0.717) is 25.6 Å². The maximum Gasteiger partial charge on any atom is 0.193 e. The highest BCUT2D eigenvalue weighted by Crippen LogP contribution is 2.23. The molecule has 8 heteroatoms. The van der Waals surface area contributed by atoms with Crippen LogP contribution >= 0.6 is 24.0 Å². The molecule has 0 aromatic heterocycles. The van der Waals surface area contributed by atoms with Gasteiger partial charge in [0.2, 0.25) is 0 Å². The molecule has 1 fully saturated rings. The second-order valence-electron chi connectivity index (χ2n) is 6.85. The van der Waals surface area contributed by atoms with E-state index in [1.165, 1.54) is 0 Å². The van der Waals surface area contributed by atoms with Crippen LogP contribution in [-0.4, -0.2) is 61.6 Å². The summed E-state index contributed by atoms with van der Waals surface area (Å²) >= 11 is 0. The summed E-state index contributed by atoms with van der Waals surface area (Å²) in [4.78, 5) is 6.16. The van der Waals surface area contributed by atoms with E-state index in [1.807, 2.05) is 36.1 Å². The molecule has 1 atom stereocenters. The highest BCUT2D eigenvalue weighted by molar-refractivity contribution is 14.0. The average molecular weight is 481 g/mol. The number of nitrogens with one attached hydrogen (secondary N) is 1. The fraction of sp³-hybridized carbons (Fsp3) is 0.588. The first-order valence-corrected chi connectivity index (χ1v) is 9.74. The van der Waals surface area contributed by atoms with Gasteiger partial charge in [0.15, 0.2) is 15.8 Å². The van der Waals surface area contributed by atoms with E-state index in [9.17, 15) is 13.5 Å². The van der Waals surface area contributed by atoms with E-state index in [2.05, 4.69) is 10.3 Å². The summed E-state index contributed by atoms with van der Waals surface area (Å²) in [6, 6.07) is 7.73. The number of hydrogen-bond donors (Lipinski definition) is 2. The Kier molecular flexibility index (Phi) is 7.70. The lowest BCUT2D eigenvalue weighted by Crippen LogP contribution is -2.57. The van der Waals surface area contributed by atoms with E-state index in [4.69, 9.17) is 0 Å². The Morgan fingerprint density at radius 3 is 2.48 bits per heavy atom. The van der Waals surface area contributed by atoms with Gasteiger partial charge in [-0.3, -0.25) is 4.99 Å². The number of aliphatic imine (C=N–C) groups is 1. The Morgan fingerprint density at radius 1 is 1.36 bits per heavy atom. The van der Waals surface area contributed by atoms with Crippen LogP contribution in [0, 0.1) is 6.92 Å². The van der Waals surface area contributed by atoms with Gasteiger partial charge in [0.05, 0.1) is 16.6 Å². The molecule has 1 saturated heterocycles. The predicted octanol–water partition coefficient (Wildman–Crippen LogP) is 1.73. The van der Waals surface area contributed by atoms with Crippen molar-refractivity contribution >= 4 is 39.8 Å². The lowest BCUT2D eigenvalue weighted by Gasteiger charge is -2.39. The number of guanidine groups is 1. The highest BCUT2D eigenvalue weighted by atomic mass is 127. The summed E-state index contributed by atoms with van der Waals surface area (Å²) in [5, 5.41) is 13.5. The van der Waals surface area contributed by atoms with E-state index in [1.54, 1.807) is 20.9 Å². The molecule has 1 aromatic rings. The van der Waals surface area contributed by atoms with Gasteiger partial charge in [0.1, 0.15) is 0 Å². The van der Waals surface area contributed by atoms with Crippen LogP contribution in [0.1, 0.15) is 31.1 Å². The molecule has 2 rings (SSSR count). The molecule has 0 bridgehead atoms. The second kappa shape index (κ2) is 8.68. The Hall–Kier alpha value is -0.870. The number of halogens is 1. The molecule has 0 spiro atoms. The van der Waals surface area contributed by atoms with Crippen molar-refractivity contribution in [2.75, 3.05) is 32.4 Å². The van der Waals surface area contributed by atoms with Crippen molar-refractivity contribution in [1.82, 2.24) is 10.2 Å². The van der Waals surface area contributed by atoms with Crippen molar-refractivity contribution in [2.45, 2.75) is 31.6 Å². The van der Waals surface area contributed by atoms with Crippen LogP contribution in [0.15, 0.2) is 29.3 Å². The third kappa shape index (κ3) is 5.30. The number of rotatable bonds is 3. The van der Waals surface area contributed by atoms with E-state index < -0.39 is 20.7 Å². The molecule has 1 heterocycles. The van der Waals surface area contributed by atoms with Crippen LogP contribution < -0.4 is 5.32 Å². The molecule has 0 saturated carbocycles. The minimum atomic E-state index is -3.09. The topological polar surface area (TPSA) is 82.0 Å². The van der Waals surface area contributed by atoms with Crippen molar-refractivity contribution in [2.24, 2.45) is 4.99 Å². The van der Waals surface area contributed by atoms with Crippen LogP contribution in [0.2, 0.25) is 0 Å². The molecule has 1 aromatic carbocycles. The van der Waals surface area contributed by atoms with Gasteiger partial charge in [-0.05, 0) is 26.3 Å². The van der Waals surface area contributed by atoms with Crippen LogP contribution in [0.3, 0.4) is 0 Å². The van der Waals surface area contributed by atoms with Gasteiger partial charge in [-0.1, -0.05) is 29.8 Å². The summed E-state index contributed by atoms with van der Waals surface area (Å²) in [6.45, 7) is 6.59. The smallest absolute Gasteiger partial charge is 0.193 e. The van der Waals surface area contributed by atoms with Gasteiger partial charge in [0, 0.05) is 26.7 Å². The first-order valence-electron chi connectivity index (χ1n) is 8.09. The number of hydrogen-bond acceptors (Lipinski definition) is 4. The molecule has 1 aliphatic heterocycles. The zero-order chi connectivity index (χ0) is 18.0. The highest BCUT2D eigenvalue weighted by Gasteiger charge is 2.40. The van der Waals surface area contributed by atoms with Crippen LogP contribution in [0.5, 0.6) is 0 Å². The SMILES string of the molecule is CN=C(NCC(O)c1ccc(C)cc1)N1CCS(=O)(=O)C(C)(C)C1.I. The molecule has 0 aliphatic carbocycles. The van der Waals surface area contributed by atoms with Gasteiger partial charge >= 0.3 is 0 Å². The van der Waals surface area contributed by atoms with Gasteiger partial charge in [-0.25, -0.2) is 8.42 Å². The maximum atomic E-state index is 12.1. The van der Waals surface area contributed by atoms with E-state index >= 15 is 0 Å². The fourth-order valence-electron chi connectivity index (χ4n) is 2.75. The third-order valence-corrected chi connectivity index (χ3v) is 7.00. The molecule has 2 N–H and O–H groups in total. The van der Waals surface area contributed by atoms with Crippen molar-refractivity contribution in [3.8, 4) is 0 Å². The van der Waals surface area contributed by atoms with Crippen molar-refractivity contribution < 1.29 is 13.5 Å². The lowest BCUT2D eigenvalue weighted by molar-refractivity contribution is 0.179. The van der Waals surface area contributed by atoms with Crippen LogP contribution in [0.4, 0.5) is 0 Å². The summed E-state index contributed by atoms with van der Waals surface area (Å²) in [5.74, 6) is 0.727. The van der Waals surface area contributed by atoms with Gasteiger partial charge in [-0.2, -0.15) is 0 Å². The van der Waals surface area contributed by atoms with Gasteiger partial charge in [-0.15, -0.1) is 24.0 Å². The Labute approximate surface area is 167 Å². The fourth-order valence-corrected chi connectivity index (χ4v) is 4.12. The molecule has 25 heavy (non-hydrogen) atoms. The molecule has 6 nitrogen and oxygen atoms in total. The molecule has 0 amide bonds. The predicted molar refractivity (Wildman–Crippen MR) is 112 cm³/mol. The summed E-state index contributed by atoms with van der Waals surface area (Å²) in [5.41, 5.74) is 1.98. The number of benzene rings is 1. The Morgan fingerprint density at radius 2 is 1.96 bits per heavy atom. The lowest BCUT2D eigenvalue weighted by atomic mass is 10.1. The Balaban J connectivity index is 0.00000312.